The smallest absolute Gasteiger partial charge is 0.251 e. The van der Waals surface area contributed by atoms with Gasteiger partial charge in [0.25, 0.3) is 5.56 Å². The zero-order valence-corrected chi connectivity index (χ0v) is 15.1. The molecule has 7 nitrogen and oxygen atoms in total. The molecule has 0 radical (unpaired) electrons. The molecule has 2 N–H and O–H groups in total. The number of pyridine rings is 1. The van der Waals surface area contributed by atoms with Gasteiger partial charge in [-0.05, 0) is 36.1 Å². The van der Waals surface area contributed by atoms with Crippen LogP contribution in [0.5, 0.6) is 0 Å². The van der Waals surface area contributed by atoms with Crippen LogP contribution in [0.15, 0.2) is 40.8 Å². The van der Waals surface area contributed by atoms with E-state index in [-0.39, 0.29) is 17.9 Å². The van der Waals surface area contributed by atoms with E-state index in [0.717, 1.165) is 16.0 Å². The molecule has 1 amide bonds. The normalized spacial score (nSPS) is 11.3. The van der Waals surface area contributed by atoms with Crippen molar-refractivity contribution in [2.45, 2.75) is 19.3 Å². The number of hydrogen-bond donors (Lipinski definition) is 2. The van der Waals surface area contributed by atoms with E-state index in [9.17, 15) is 14.0 Å². The molecular weight excluding hydrogens is 369 g/mol. The molecule has 0 spiro atoms. The number of fused-ring (bicyclic) bond motifs is 2. The first-order valence-electron chi connectivity index (χ1n) is 8.44. The van der Waals surface area contributed by atoms with Crippen molar-refractivity contribution in [3.8, 4) is 0 Å². The van der Waals surface area contributed by atoms with E-state index in [4.69, 9.17) is 0 Å². The molecule has 0 aliphatic heterocycles. The maximum Gasteiger partial charge on any atom is 0.251 e. The predicted molar refractivity (Wildman–Crippen MR) is 100 cm³/mol. The molecule has 0 bridgehead atoms. The minimum Gasteiger partial charge on any atom is -0.356 e. The van der Waals surface area contributed by atoms with Crippen LogP contribution in [0.1, 0.15) is 17.7 Å². The minimum atomic E-state index is -0.404. The maximum atomic E-state index is 13.2. The average molecular weight is 385 g/mol. The number of carbonyl (C=O) groups excluding carboxylic acids is 1. The summed E-state index contributed by atoms with van der Waals surface area (Å²) in [4.78, 5) is 31.8. The van der Waals surface area contributed by atoms with Gasteiger partial charge in [0.2, 0.25) is 10.9 Å². The van der Waals surface area contributed by atoms with Crippen LogP contribution in [0, 0.1) is 5.82 Å². The quantitative estimate of drug-likeness (QED) is 0.531. The van der Waals surface area contributed by atoms with Crippen LogP contribution in [0.25, 0.3) is 15.9 Å². The number of rotatable bonds is 6. The van der Waals surface area contributed by atoms with Crippen LogP contribution >= 0.6 is 11.3 Å². The molecule has 0 saturated carbocycles. The highest BCUT2D eigenvalue weighted by atomic mass is 32.1. The molecule has 0 unspecified atom stereocenters. The topological polar surface area (TPSA) is 92.1 Å². The highest BCUT2D eigenvalue weighted by Crippen LogP contribution is 2.14. The predicted octanol–water partition coefficient (Wildman–Crippen LogP) is 2.06. The Morgan fingerprint density at radius 2 is 2.19 bits per heavy atom. The average Bonchev–Trinajstić information content (AvgIpc) is 3.25. The third-order valence-corrected chi connectivity index (χ3v) is 5.18. The first-order chi connectivity index (χ1) is 13.1. The Labute approximate surface area is 156 Å². The Bertz CT molecular complexity index is 1180. The highest BCUT2D eigenvalue weighted by Gasteiger charge is 2.09. The van der Waals surface area contributed by atoms with Crippen LogP contribution in [0.4, 0.5) is 4.39 Å². The zero-order chi connectivity index (χ0) is 18.8. The molecule has 4 rings (SSSR count). The largest absolute Gasteiger partial charge is 0.356 e. The first kappa shape index (κ1) is 17.3. The lowest BCUT2D eigenvalue weighted by atomic mass is 10.1. The summed E-state index contributed by atoms with van der Waals surface area (Å²) < 4.78 is 15.0. The summed E-state index contributed by atoms with van der Waals surface area (Å²) in [5.74, 6) is -0.530. The van der Waals surface area contributed by atoms with Crippen molar-refractivity contribution >= 4 is 33.1 Å². The third kappa shape index (κ3) is 3.72. The van der Waals surface area contributed by atoms with Gasteiger partial charge in [0.15, 0.2) is 0 Å². The van der Waals surface area contributed by atoms with Gasteiger partial charge < -0.3 is 10.3 Å². The molecule has 0 fully saturated rings. The highest BCUT2D eigenvalue weighted by molar-refractivity contribution is 7.15. The Balaban J connectivity index is 1.33. The lowest BCUT2D eigenvalue weighted by molar-refractivity contribution is -0.121. The SMILES string of the molecule is O=C(CCc1cc2ccc(F)cc2[nH]c1=O)NCCc1csc2ncnn12. The van der Waals surface area contributed by atoms with Gasteiger partial charge in [-0.2, -0.15) is 5.10 Å². The van der Waals surface area contributed by atoms with Gasteiger partial charge in [0, 0.05) is 30.3 Å². The van der Waals surface area contributed by atoms with Crippen LogP contribution in [0.2, 0.25) is 0 Å². The standard InChI is InChI=1S/C18H16FN5O2S/c19-13-3-1-11-7-12(17(26)23-15(11)8-13)2-4-16(25)20-6-5-14-9-27-18-21-10-22-24(14)18/h1,3,7-10H,2,4-6H2,(H,20,25)(H,23,26). The monoisotopic (exact) mass is 385 g/mol. The summed E-state index contributed by atoms with van der Waals surface area (Å²) in [5, 5.41) is 9.70. The van der Waals surface area contributed by atoms with Gasteiger partial charge in [0.05, 0.1) is 11.2 Å². The van der Waals surface area contributed by atoms with Gasteiger partial charge in [-0.3, -0.25) is 9.59 Å². The van der Waals surface area contributed by atoms with Gasteiger partial charge >= 0.3 is 0 Å². The number of hydrogen-bond acceptors (Lipinski definition) is 5. The van der Waals surface area contributed by atoms with Crippen molar-refractivity contribution in [1.29, 1.82) is 0 Å². The summed E-state index contributed by atoms with van der Waals surface area (Å²) >= 11 is 1.51. The number of H-pyrrole nitrogens is 1. The van der Waals surface area contributed by atoms with E-state index in [0.29, 0.717) is 30.5 Å². The van der Waals surface area contributed by atoms with Crippen molar-refractivity contribution in [2.24, 2.45) is 0 Å². The number of halogens is 1. The number of amides is 1. The Hall–Kier alpha value is -3.07. The van der Waals surface area contributed by atoms with Crippen LogP contribution in [-0.4, -0.2) is 32.0 Å². The molecule has 4 aromatic rings. The summed E-state index contributed by atoms with van der Waals surface area (Å²) in [6.45, 7) is 0.484. The van der Waals surface area contributed by atoms with Gasteiger partial charge in [-0.1, -0.05) is 0 Å². The maximum absolute atomic E-state index is 13.2. The molecule has 27 heavy (non-hydrogen) atoms. The van der Waals surface area contributed by atoms with Crippen molar-refractivity contribution in [2.75, 3.05) is 6.54 Å². The van der Waals surface area contributed by atoms with Crippen LogP contribution < -0.4 is 10.9 Å². The second-order valence-electron chi connectivity index (χ2n) is 6.14. The fraction of sp³-hybridized carbons (Fsp3) is 0.222. The molecule has 1 aromatic carbocycles. The molecule has 0 aliphatic rings. The van der Waals surface area contributed by atoms with E-state index < -0.39 is 5.82 Å². The minimum absolute atomic E-state index is 0.126. The van der Waals surface area contributed by atoms with Crippen molar-refractivity contribution in [3.05, 3.63) is 63.4 Å². The summed E-state index contributed by atoms with van der Waals surface area (Å²) in [5.41, 5.74) is 1.65. The number of nitrogens with one attached hydrogen (secondary N) is 2. The fourth-order valence-electron chi connectivity index (χ4n) is 2.91. The number of carbonyl (C=O) groups is 1. The van der Waals surface area contributed by atoms with E-state index in [1.54, 1.807) is 16.6 Å². The molecule has 9 heteroatoms. The number of aryl methyl sites for hydroxylation is 1. The number of nitrogens with zero attached hydrogens (tertiary/aromatic N) is 3. The van der Waals surface area contributed by atoms with Crippen molar-refractivity contribution in [1.82, 2.24) is 24.9 Å². The van der Waals surface area contributed by atoms with E-state index in [2.05, 4.69) is 20.4 Å². The van der Waals surface area contributed by atoms with Crippen molar-refractivity contribution < 1.29 is 9.18 Å². The number of aromatic amines is 1. The Morgan fingerprint density at radius 1 is 1.30 bits per heavy atom. The van der Waals surface area contributed by atoms with E-state index >= 15 is 0 Å². The molecule has 3 heterocycles. The van der Waals surface area contributed by atoms with Crippen LogP contribution in [-0.2, 0) is 17.6 Å². The summed E-state index contributed by atoms with van der Waals surface area (Å²) in [6.07, 6.45) is 2.68. The Kier molecular flexibility index (Phi) is 4.68. The van der Waals surface area contributed by atoms with E-state index in [1.165, 1.54) is 29.8 Å². The Morgan fingerprint density at radius 3 is 3.07 bits per heavy atom. The third-order valence-electron chi connectivity index (χ3n) is 4.30. The molecular formula is C18H16FN5O2S. The van der Waals surface area contributed by atoms with Crippen LogP contribution in [0.3, 0.4) is 0 Å². The second-order valence-corrected chi connectivity index (χ2v) is 6.97. The van der Waals surface area contributed by atoms with Gasteiger partial charge in [0.1, 0.15) is 12.1 Å². The molecule has 0 saturated heterocycles. The number of benzene rings is 1. The number of aromatic nitrogens is 4. The molecule has 0 aliphatic carbocycles. The lowest BCUT2D eigenvalue weighted by Crippen LogP contribution is -2.27. The number of thiazole rings is 1. The molecule has 138 valence electrons. The first-order valence-corrected chi connectivity index (χ1v) is 9.32. The van der Waals surface area contributed by atoms with E-state index in [1.807, 2.05) is 5.38 Å². The lowest BCUT2D eigenvalue weighted by Gasteiger charge is -2.06. The fourth-order valence-corrected chi connectivity index (χ4v) is 3.75. The van der Waals surface area contributed by atoms with Gasteiger partial charge in [-0.25, -0.2) is 13.9 Å². The van der Waals surface area contributed by atoms with Gasteiger partial charge in [-0.15, -0.1) is 11.3 Å². The molecule has 3 aromatic heterocycles. The summed E-state index contributed by atoms with van der Waals surface area (Å²) in [7, 11) is 0. The van der Waals surface area contributed by atoms with Crippen molar-refractivity contribution in [3.63, 3.8) is 0 Å². The zero-order valence-electron chi connectivity index (χ0n) is 14.2. The summed E-state index contributed by atoms with van der Waals surface area (Å²) in [6, 6.07) is 5.93. The second kappa shape index (κ2) is 7.28. The molecule has 0 atom stereocenters.